The Morgan fingerprint density at radius 1 is 0.933 bits per heavy atom. The second kappa shape index (κ2) is 10.4. The van der Waals surface area contributed by atoms with Gasteiger partial charge in [0.2, 0.25) is 5.91 Å². The SMILES string of the molecule is CCCCN(CC)C(=O)c1ccc(NC(=O)C2(c3ccccc3)CCCCC2)cc1. The van der Waals surface area contributed by atoms with Crippen molar-refractivity contribution >= 4 is 17.5 Å². The molecule has 0 heterocycles. The minimum atomic E-state index is -0.465. The molecule has 30 heavy (non-hydrogen) atoms. The maximum Gasteiger partial charge on any atom is 0.253 e. The molecule has 0 unspecified atom stereocenters. The molecule has 1 saturated carbocycles. The van der Waals surface area contributed by atoms with E-state index < -0.39 is 5.41 Å². The van der Waals surface area contributed by atoms with Crippen LogP contribution in [0.15, 0.2) is 54.6 Å². The van der Waals surface area contributed by atoms with Crippen LogP contribution in [0.4, 0.5) is 5.69 Å². The monoisotopic (exact) mass is 406 g/mol. The van der Waals surface area contributed by atoms with E-state index in [0.717, 1.165) is 56.3 Å². The number of unbranched alkanes of at least 4 members (excludes halogenated alkanes) is 1. The van der Waals surface area contributed by atoms with Gasteiger partial charge in [0.15, 0.2) is 0 Å². The van der Waals surface area contributed by atoms with Crippen molar-refractivity contribution in [2.24, 2.45) is 0 Å². The zero-order valence-electron chi connectivity index (χ0n) is 18.3. The summed E-state index contributed by atoms with van der Waals surface area (Å²) in [6.45, 7) is 5.63. The van der Waals surface area contributed by atoms with Gasteiger partial charge in [0.05, 0.1) is 5.41 Å². The first-order valence-corrected chi connectivity index (χ1v) is 11.4. The minimum Gasteiger partial charge on any atom is -0.339 e. The van der Waals surface area contributed by atoms with Gasteiger partial charge in [0, 0.05) is 24.3 Å². The molecule has 0 atom stereocenters. The Morgan fingerprint density at radius 2 is 1.60 bits per heavy atom. The second-order valence-electron chi connectivity index (χ2n) is 8.28. The van der Waals surface area contributed by atoms with E-state index >= 15 is 0 Å². The quantitative estimate of drug-likeness (QED) is 0.603. The second-order valence-corrected chi connectivity index (χ2v) is 8.28. The van der Waals surface area contributed by atoms with Gasteiger partial charge in [-0.3, -0.25) is 9.59 Å². The molecule has 1 aliphatic rings. The number of anilines is 1. The Kier molecular flexibility index (Phi) is 7.67. The zero-order chi connectivity index (χ0) is 21.4. The van der Waals surface area contributed by atoms with Gasteiger partial charge in [-0.05, 0) is 56.0 Å². The van der Waals surface area contributed by atoms with Crippen molar-refractivity contribution in [1.29, 1.82) is 0 Å². The molecule has 0 radical (unpaired) electrons. The zero-order valence-corrected chi connectivity index (χ0v) is 18.3. The van der Waals surface area contributed by atoms with Crippen LogP contribution in [0.1, 0.15) is 74.7 Å². The number of hydrogen-bond acceptors (Lipinski definition) is 2. The minimum absolute atomic E-state index is 0.0527. The molecule has 1 fully saturated rings. The lowest BCUT2D eigenvalue weighted by molar-refractivity contribution is -0.122. The Labute approximate surface area is 180 Å². The number of carbonyl (C=O) groups is 2. The number of nitrogens with zero attached hydrogens (tertiary/aromatic N) is 1. The molecule has 0 saturated heterocycles. The molecule has 4 nitrogen and oxygen atoms in total. The molecule has 2 aromatic carbocycles. The smallest absolute Gasteiger partial charge is 0.253 e. The number of benzene rings is 2. The Morgan fingerprint density at radius 3 is 2.20 bits per heavy atom. The van der Waals surface area contributed by atoms with E-state index in [2.05, 4.69) is 24.4 Å². The highest BCUT2D eigenvalue weighted by Gasteiger charge is 2.41. The lowest BCUT2D eigenvalue weighted by Gasteiger charge is -2.36. The fourth-order valence-corrected chi connectivity index (χ4v) is 4.44. The maximum atomic E-state index is 13.4. The van der Waals surface area contributed by atoms with E-state index in [4.69, 9.17) is 0 Å². The summed E-state index contributed by atoms with van der Waals surface area (Å²) in [5, 5.41) is 3.13. The third kappa shape index (κ3) is 4.92. The van der Waals surface area contributed by atoms with Crippen LogP contribution in [0.5, 0.6) is 0 Å². The van der Waals surface area contributed by atoms with Crippen molar-refractivity contribution < 1.29 is 9.59 Å². The molecule has 1 N–H and O–H groups in total. The maximum absolute atomic E-state index is 13.4. The highest BCUT2D eigenvalue weighted by Crippen LogP contribution is 2.40. The van der Waals surface area contributed by atoms with Crippen molar-refractivity contribution in [3.05, 3.63) is 65.7 Å². The van der Waals surface area contributed by atoms with E-state index in [-0.39, 0.29) is 11.8 Å². The normalized spacial score (nSPS) is 15.4. The Bertz CT molecular complexity index is 824. The predicted octanol–water partition coefficient (Wildman–Crippen LogP) is 5.79. The first kappa shape index (κ1) is 22.1. The number of hydrogen-bond donors (Lipinski definition) is 1. The molecule has 0 aliphatic heterocycles. The molecule has 4 heteroatoms. The summed E-state index contributed by atoms with van der Waals surface area (Å²) in [4.78, 5) is 28.0. The highest BCUT2D eigenvalue weighted by molar-refractivity contribution is 6.00. The summed E-state index contributed by atoms with van der Waals surface area (Å²) in [6.07, 6.45) is 7.16. The average Bonchev–Trinajstić information content (AvgIpc) is 2.81. The highest BCUT2D eigenvalue weighted by atomic mass is 16.2. The molecule has 1 aliphatic carbocycles. The van der Waals surface area contributed by atoms with Gasteiger partial charge in [-0.2, -0.15) is 0 Å². The third-order valence-electron chi connectivity index (χ3n) is 6.31. The molecule has 160 valence electrons. The fourth-order valence-electron chi connectivity index (χ4n) is 4.44. The summed E-state index contributed by atoms with van der Waals surface area (Å²) in [6, 6.07) is 17.5. The molecule has 0 aromatic heterocycles. The van der Waals surface area contributed by atoms with E-state index in [0.29, 0.717) is 12.1 Å². The van der Waals surface area contributed by atoms with Crippen molar-refractivity contribution in [1.82, 2.24) is 4.90 Å². The van der Waals surface area contributed by atoms with Crippen LogP contribution in [0, 0.1) is 0 Å². The van der Waals surface area contributed by atoms with Crippen molar-refractivity contribution in [3.8, 4) is 0 Å². The average molecular weight is 407 g/mol. The van der Waals surface area contributed by atoms with E-state index in [1.54, 1.807) is 0 Å². The molecule has 0 bridgehead atoms. The number of amides is 2. The summed E-state index contributed by atoms with van der Waals surface area (Å²) in [5.41, 5.74) is 2.05. The Hall–Kier alpha value is -2.62. The van der Waals surface area contributed by atoms with E-state index in [1.807, 2.05) is 54.3 Å². The lowest BCUT2D eigenvalue weighted by atomic mass is 9.68. The van der Waals surface area contributed by atoms with Crippen LogP contribution >= 0.6 is 0 Å². The number of rotatable bonds is 8. The molecule has 3 rings (SSSR count). The number of carbonyl (C=O) groups excluding carboxylic acids is 2. The van der Waals surface area contributed by atoms with Gasteiger partial charge >= 0.3 is 0 Å². The van der Waals surface area contributed by atoms with Gasteiger partial charge in [0.25, 0.3) is 5.91 Å². The molecule has 2 amide bonds. The Balaban J connectivity index is 1.74. The van der Waals surface area contributed by atoms with Crippen molar-refractivity contribution in [2.75, 3.05) is 18.4 Å². The standard InChI is InChI=1S/C26H34N2O2/c1-3-5-20-28(4-2)24(29)21-14-16-23(17-15-21)27-25(30)26(18-10-7-11-19-26)22-12-8-6-9-13-22/h6,8-9,12-17H,3-5,7,10-11,18-20H2,1-2H3,(H,27,30). The molecule has 0 spiro atoms. The number of nitrogens with one attached hydrogen (secondary N) is 1. The third-order valence-corrected chi connectivity index (χ3v) is 6.31. The van der Waals surface area contributed by atoms with Gasteiger partial charge in [-0.25, -0.2) is 0 Å². The first-order valence-electron chi connectivity index (χ1n) is 11.4. The lowest BCUT2D eigenvalue weighted by Crippen LogP contribution is -2.42. The first-order chi connectivity index (χ1) is 14.6. The summed E-state index contributed by atoms with van der Waals surface area (Å²) in [5.74, 6) is 0.113. The summed E-state index contributed by atoms with van der Waals surface area (Å²) < 4.78 is 0. The topological polar surface area (TPSA) is 49.4 Å². The molecular weight excluding hydrogens is 372 g/mol. The van der Waals surface area contributed by atoms with Crippen molar-refractivity contribution in [3.63, 3.8) is 0 Å². The van der Waals surface area contributed by atoms with Gasteiger partial charge in [-0.1, -0.05) is 62.9 Å². The van der Waals surface area contributed by atoms with Gasteiger partial charge < -0.3 is 10.2 Å². The van der Waals surface area contributed by atoms with Gasteiger partial charge in [0.1, 0.15) is 0 Å². The van der Waals surface area contributed by atoms with Crippen LogP contribution in [-0.2, 0) is 10.2 Å². The molecular formula is C26H34N2O2. The van der Waals surface area contributed by atoms with Crippen LogP contribution in [0.3, 0.4) is 0 Å². The summed E-state index contributed by atoms with van der Waals surface area (Å²) >= 11 is 0. The van der Waals surface area contributed by atoms with Crippen LogP contribution in [-0.4, -0.2) is 29.8 Å². The fraction of sp³-hybridized carbons (Fsp3) is 0.462. The van der Waals surface area contributed by atoms with E-state index in [9.17, 15) is 9.59 Å². The van der Waals surface area contributed by atoms with Crippen LogP contribution in [0.2, 0.25) is 0 Å². The van der Waals surface area contributed by atoms with E-state index in [1.165, 1.54) is 6.42 Å². The molecule has 2 aromatic rings. The van der Waals surface area contributed by atoms with Gasteiger partial charge in [-0.15, -0.1) is 0 Å². The largest absolute Gasteiger partial charge is 0.339 e. The predicted molar refractivity (Wildman–Crippen MR) is 123 cm³/mol. The van der Waals surface area contributed by atoms with Crippen LogP contribution in [0.25, 0.3) is 0 Å². The summed E-state index contributed by atoms with van der Waals surface area (Å²) in [7, 11) is 0. The van der Waals surface area contributed by atoms with Crippen molar-refractivity contribution in [2.45, 2.75) is 64.2 Å². The van der Waals surface area contributed by atoms with Crippen LogP contribution < -0.4 is 5.32 Å².